The van der Waals surface area contributed by atoms with Crippen LogP contribution in [0.4, 0.5) is 5.82 Å². The monoisotopic (exact) mass is 359 g/mol. The number of hydrogen-bond donors (Lipinski definition) is 3. The lowest BCUT2D eigenvalue weighted by Gasteiger charge is -2.30. The zero-order valence-corrected chi connectivity index (χ0v) is 14.6. The molecule has 9 heteroatoms. The quantitative estimate of drug-likeness (QED) is 0.753. The molecule has 4 rings (SSSR count). The molecular weight excluding hydrogens is 338 g/mol. The molecule has 2 unspecified atom stereocenters. The summed E-state index contributed by atoms with van der Waals surface area (Å²) in [4.78, 5) is 31.1. The number of carbonyl (C=O) groups excluding carboxylic acids is 1. The molecule has 0 bridgehead atoms. The second kappa shape index (κ2) is 7.01. The van der Waals surface area contributed by atoms with E-state index in [2.05, 4.69) is 25.3 Å². The SMILES string of the molecule is NC1CCCCC1NC(=O)C1=CN(c2ncnc3nc[nH]c23)CCS1. The Bertz CT molecular complexity index is 805. The first-order chi connectivity index (χ1) is 12.2. The van der Waals surface area contributed by atoms with Crippen molar-refractivity contribution >= 4 is 34.7 Å². The van der Waals surface area contributed by atoms with E-state index < -0.39 is 0 Å². The van der Waals surface area contributed by atoms with Crippen LogP contribution in [-0.4, -0.2) is 50.2 Å². The van der Waals surface area contributed by atoms with Crippen molar-refractivity contribution in [2.75, 3.05) is 17.2 Å². The number of H-pyrrole nitrogens is 1. The van der Waals surface area contributed by atoms with E-state index in [1.54, 1.807) is 18.1 Å². The lowest BCUT2D eigenvalue weighted by Crippen LogP contribution is -2.49. The van der Waals surface area contributed by atoms with Gasteiger partial charge in [0, 0.05) is 30.6 Å². The standard InChI is InChI=1S/C16H21N7OS/c17-10-3-1-2-4-11(10)22-16(24)12-7-23(5-6-25-12)15-13-14(19-8-18-13)20-9-21-15/h7-11H,1-6,17H2,(H,22,24)(H,18,19,20,21). The van der Waals surface area contributed by atoms with Gasteiger partial charge in [0.2, 0.25) is 0 Å². The van der Waals surface area contributed by atoms with Crippen LogP contribution in [-0.2, 0) is 4.79 Å². The van der Waals surface area contributed by atoms with Gasteiger partial charge in [0.1, 0.15) is 11.8 Å². The van der Waals surface area contributed by atoms with Crippen LogP contribution in [0.15, 0.2) is 23.8 Å². The van der Waals surface area contributed by atoms with Gasteiger partial charge >= 0.3 is 0 Å². The van der Waals surface area contributed by atoms with Gasteiger partial charge in [-0.3, -0.25) is 4.79 Å². The van der Waals surface area contributed by atoms with Crippen LogP contribution in [0.5, 0.6) is 0 Å². The van der Waals surface area contributed by atoms with Gasteiger partial charge in [0.05, 0.1) is 11.2 Å². The van der Waals surface area contributed by atoms with Gasteiger partial charge in [0.25, 0.3) is 5.91 Å². The summed E-state index contributed by atoms with van der Waals surface area (Å²) in [6.07, 6.45) is 9.15. The highest BCUT2D eigenvalue weighted by Gasteiger charge is 2.26. The minimum Gasteiger partial charge on any atom is -0.347 e. The Balaban J connectivity index is 1.54. The van der Waals surface area contributed by atoms with E-state index in [1.165, 1.54) is 6.33 Å². The Hall–Kier alpha value is -2.13. The second-order valence-corrected chi connectivity index (χ2v) is 7.50. The number of nitrogens with one attached hydrogen (secondary N) is 2. The maximum atomic E-state index is 12.7. The fourth-order valence-electron chi connectivity index (χ4n) is 3.34. The van der Waals surface area contributed by atoms with Crippen molar-refractivity contribution in [3.05, 3.63) is 23.8 Å². The van der Waals surface area contributed by atoms with Gasteiger partial charge in [-0.25, -0.2) is 15.0 Å². The summed E-state index contributed by atoms with van der Waals surface area (Å²) < 4.78 is 0. The summed E-state index contributed by atoms with van der Waals surface area (Å²) in [5.74, 6) is 1.50. The molecular formula is C16H21N7OS. The molecule has 1 amide bonds. The van der Waals surface area contributed by atoms with E-state index >= 15 is 0 Å². The van der Waals surface area contributed by atoms with Crippen LogP contribution in [0.2, 0.25) is 0 Å². The Labute approximate surface area is 149 Å². The van der Waals surface area contributed by atoms with E-state index in [9.17, 15) is 4.79 Å². The van der Waals surface area contributed by atoms with Crippen LogP contribution in [0, 0.1) is 0 Å². The molecule has 1 fully saturated rings. The van der Waals surface area contributed by atoms with Crippen molar-refractivity contribution < 1.29 is 4.79 Å². The van der Waals surface area contributed by atoms with Gasteiger partial charge in [-0.15, -0.1) is 11.8 Å². The summed E-state index contributed by atoms with van der Waals surface area (Å²) in [6, 6.07) is 0.117. The molecule has 132 valence electrons. The summed E-state index contributed by atoms with van der Waals surface area (Å²) in [7, 11) is 0. The van der Waals surface area contributed by atoms with Crippen molar-refractivity contribution in [3.8, 4) is 0 Å². The zero-order valence-electron chi connectivity index (χ0n) is 13.8. The van der Waals surface area contributed by atoms with Crippen molar-refractivity contribution in [2.24, 2.45) is 5.73 Å². The number of thioether (sulfide) groups is 1. The third kappa shape index (κ3) is 3.34. The number of aromatic amines is 1. The molecule has 0 aromatic carbocycles. The number of amides is 1. The van der Waals surface area contributed by atoms with Crippen LogP contribution < -0.4 is 16.0 Å². The van der Waals surface area contributed by atoms with Crippen molar-refractivity contribution in [1.82, 2.24) is 25.3 Å². The van der Waals surface area contributed by atoms with Gasteiger partial charge in [-0.1, -0.05) is 12.8 Å². The highest BCUT2D eigenvalue weighted by atomic mass is 32.2. The van der Waals surface area contributed by atoms with E-state index in [-0.39, 0.29) is 18.0 Å². The van der Waals surface area contributed by atoms with E-state index in [0.717, 1.165) is 49.3 Å². The Kier molecular flexibility index (Phi) is 4.58. The highest BCUT2D eigenvalue weighted by Crippen LogP contribution is 2.28. The first kappa shape index (κ1) is 16.3. The van der Waals surface area contributed by atoms with Gasteiger partial charge in [-0.05, 0) is 12.8 Å². The second-order valence-electron chi connectivity index (χ2n) is 6.36. The molecule has 0 spiro atoms. The number of nitrogens with two attached hydrogens (primary N) is 1. The van der Waals surface area contributed by atoms with Crippen molar-refractivity contribution in [1.29, 1.82) is 0 Å². The predicted molar refractivity (Wildman–Crippen MR) is 97.9 cm³/mol. The van der Waals surface area contributed by atoms with Gasteiger partial charge in [0.15, 0.2) is 11.5 Å². The average Bonchev–Trinajstić information content (AvgIpc) is 3.12. The minimum atomic E-state index is -0.0491. The van der Waals surface area contributed by atoms with E-state index in [1.807, 2.05) is 11.1 Å². The molecule has 1 aliphatic carbocycles. The molecule has 0 saturated heterocycles. The van der Waals surface area contributed by atoms with Crippen molar-refractivity contribution in [3.63, 3.8) is 0 Å². The van der Waals surface area contributed by atoms with Gasteiger partial charge < -0.3 is 20.9 Å². The van der Waals surface area contributed by atoms with Crippen molar-refractivity contribution in [2.45, 2.75) is 37.8 Å². The maximum absolute atomic E-state index is 12.7. The first-order valence-electron chi connectivity index (χ1n) is 8.54. The molecule has 25 heavy (non-hydrogen) atoms. The third-order valence-corrected chi connectivity index (χ3v) is 5.69. The number of nitrogens with zero attached hydrogens (tertiary/aromatic N) is 4. The highest BCUT2D eigenvalue weighted by molar-refractivity contribution is 8.04. The predicted octanol–water partition coefficient (Wildman–Crippen LogP) is 1.13. The molecule has 1 saturated carbocycles. The van der Waals surface area contributed by atoms with Crippen LogP contribution in [0.1, 0.15) is 25.7 Å². The molecule has 2 aromatic heterocycles. The Morgan fingerprint density at radius 3 is 3.08 bits per heavy atom. The maximum Gasteiger partial charge on any atom is 0.259 e. The van der Waals surface area contributed by atoms with E-state index in [4.69, 9.17) is 5.73 Å². The molecule has 4 N–H and O–H groups in total. The molecule has 2 atom stereocenters. The minimum absolute atomic E-state index is 0.0491. The van der Waals surface area contributed by atoms with Crippen LogP contribution in [0.3, 0.4) is 0 Å². The van der Waals surface area contributed by atoms with Gasteiger partial charge in [-0.2, -0.15) is 0 Å². The molecule has 3 heterocycles. The zero-order chi connectivity index (χ0) is 17.2. The fourth-order valence-corrected chi connectivity index (χ4v) is 4.24. The molecule has 2 aromatic rings. The number of anilines is 1. The summed E-state index contributed by atoms with van der Waals surface area (Å²) in [5.41, 5.74) is 7.54. The summed E-state index contributed by atoms with van der Waals surface area (Å²) in [5, 5.41) is 3.11. The average molecular weight is 359 g/mol. The molecule has 2 aliphatic rings. The van der Waals surface area contributed by atoms with E-state index in [0.29, 0.717) is 10.6 Å². The van der Waals surface area contributed by atoms with Crippen LogP contribution >= 0.6 is 11.8 Å². The number of rotatable bonds is 3. The summed E-state index contributed by atoms with van der Waals surface area (Å²) >= 11 is 1.56. The lowest BCUT2D eigenvalue weighted by molar-refractivity contribution is -0.117. The fraction of sp³-hybridized carbons (Fsp3) is 0.500. The number of hydrogen-bond acceptors (Lipinski definition) is 7. The third-order valence-electron chi connectivity index (χ3n) is 4.70. The number of imidazole rings is 1. The largest absolute Gasteiger partial charge is 0.347 e. The lowest BCUT2D eigenvalue weighted by atomic mass is 9.91. The first-order valence-corrected chi connectivity index (χ1v) is 9.53. The Morgan fingerprint density at radius 2 is 2.20 bits per heavy atom. The number of aromatic nitrogens is 4. The molecule has 8 nitrogen and oxygen atoms in total. The molecule has 1 aliphatic heterocycles. The smallest absolute Gasteiger partial charge is 0.259 e. The summed E-state index contributed by atoms with van der Waals surface area (Å²) in [6.45, 7) is 0.773. The normalized spacial score (nSPS) is 24.2. The number of fused-ring (bicyclic) bond motifs is 1. The molecule has 0 radical (unpaired) electrons. The topological polar surface area (TPSA) is 113 Å². The Morgan fingerprint density at radius 1 is 1.32 bits per heavy atom. The van der Waals surface area contributed by atoms with Crippen LogP contribution in [0.25, 0.3) is 11.2 Å². The number of carbonyl (C=O) groups is 1.